The van der Waals surface area contributed by atoms with Crippen LogP contribution in [-0.2, 0) is 0 Å². The van der Waals surface area contributed by atoms with Crippen LogP contribution in [-0.4, -0.2) is 25.4 Å². The SMILES string of the molecule is COc1cccc2cc(C(C)NCCCCO)oc12. The molecule has 19 heavy (non-hydrogen) atoms. The van der Waals surface area contributed by atoms with Crippen molar-refractivity contribution in [1.29, 1.82) is 0 Å². The van der Waals surface area contributed by atoms with Crippen molar-refractivity contribution in [3.05, 3.63) is 30.0 Å². The van der Waals surface area contributed by atoms with E-state index in [4.69, 9.17) is 14.3 Å². The van der Waals surface area contributed by atoms with Crippen molar-refractivity contribution in [3.8, 4) is 5.75 Å². The van der Waals surface area contributed by atoms with Crippen LogP contribution in [0.3, 0.4) is 0 Å². The number of nitrogens with one attached hydrogen (secondary N) is 1. The van der Waals surface area contributed by atoms with Gasteiger partial charge in [-0.1, -0.05) is 12.1 Å². The fraction of sp³-hybridized carbons (Fsp3) is 0.467. The lowest BCUT2D eigenvalue weighted by molar-refractivity contribution is 0.282. The molecule has 0 aliphatic carbocycles. The van der Waals surface area contributed by atoms with E-state index in [2.05, 4.69) is 12.2 Å². The van der Waals surface area contributed by atoms with Gasteiger partial charge in [0, 0.05) is 12.0 Å². The van der Waals surface area contributed by atoms with Crippen LogP contribution in [0.1, 0.15) is 31.6 Å². The van der Waals surface area contributed by atoms with Crippen LogP contribution in [0.15, 0.2) is 28.7 Å². The summed E-state index contributed by atoms with van der Waals surface area (Å²) < 4.78 is 11.2. The van der Waals surface area contributed by atoms with Crippen LogP contribution in [0.2, 0.25) is 0 Å². The molecule has 0 radical (unpaired) electrons. The number of hydrogen-bond acceptors (Lipinski definition) is 4. The Morgan fingerprint density at radius 2 is 2.21 bits per heavy atom. The number of benzene rings is 1. The van der Waals surface area contributed by atoms with Gasteiger partial charge in [0.1, 0.15) is 5.76 Å². The number of para-hydroxylation sites is 1. The number of unbranched alkanes of at least 4 members (excludes halogenated alkanes) is 1. The lowest BCUT2D eigenvalue weighted by Gasteiger charge is -2.10. The van der Waals surface area contributed by atoms with Crippen molar-refractivity contribution in [2.24, 2.45) is 0 Å². The Kier molecular flexibility index (Phi) is 4.82. The van der Waals surface area contributed by atoms with Gasteiger partial charge in [-0.05, 0) is 38.4 Å². The zero-order chi connectivity index (χ0) is 13.7. The van der Waals surface area contributed by atoms with Crippen molar-refractivity contribution in [1.82, 2.24) is 5.32 Å². The van der Waals surface area contributed by atoms with E-state index < -0.39 is 0 Å². The molecule has 0 saturated carbocycles. The predicted octanol–water partition coefficient (Wildman–Crippen LogP) is 2.86. The quantitative estimate of drug-likeness (QED) is 0.754. The molecule has 1 heterocycles. The molecule has 1 aromatic carbocycles. The maximum atomic E-state index is 8.74. The average molecular weight is 263 g/mol. The first-order valence-electron chi connectivity index (χ1n) is 6.67. The fourth-order valence-electron chi connectivity index (χ4n) is 2.09. The lowest BCUT2D eigenvalue weighted by atomic mass is 10.2. The first-order valence-corrected chi connectivity index (χ1v) is 6.67. The largest absolute Gasteiger partial charge is 0.493 e. The molecule has 4 heteroatoms. The standard InChI is InChI=1S/C15H21NO3/c1-11(16-8-3-4-9-17)14-10-12-6-5-7-13(18-2)15(12)19-14/h5-7,10-11,16-17H,3-4,8-9H2,1-2H3. The summed E-state index contributed by atoms with van der Waals surface area (Å²) in [5.41, 5.74) is 0.795. The molecule has 4 nitrogen and oxygen atoms in total. The van der Waals surface area contributed by atoms with Crippen molar-refractivity contribution >= 4 is 11.0 Å². The highest BCUT2D eigenvalue weighted by atomic mass is 16.5. The number of ether oxygens (including phenoxy) is 1. The number of hydrogen-bond donors (Lipinski definition) is 2. The summed E-state index contributed by atoms with van der Waals surface area (Å²) in [4.78, 5) is 0. The Morgan fingerprint density at radius 3 is 2.95 bits per heavy atom. The molecule has 0 spiro atoms. The monoisotopic (exact) mass is 263 g/mol. The van der Waals surface area contributed by atoms with Crippen LogP contribution in [0.4, 0.5) is 0 Å². The maximum Gasteiger partial charge on any atom is 0.176 e. The fourth-order valence-corrected chi connectivity index (χ4v) is 2.09. The molecule has 0 fully saturated rings. The van der Waals surface area contributed by atoms with Gasteiger partial charge < -0.3 is 19.6 Å². The molecular weight excluding hydrogens is 242 g/mol. The number of aliphatic hydroxyl groups is 1. The van der Waals surface area contributed by atoms with E-state index in [1.165, 1.54) is 0 Å². The van der Waals surface area contributed by atoms with Gasteiger partial charge in [-0.2, -0.15) is 0 Å². The Bertz CT molecular complexity index is 521. The van der Waals surface area contributed by atoms with E-state index in [0.29, 0.717) is 0 Å². The normalized spacial score (nSPS) is 12.8. The zero-order valence-electron chi connectivity index (χ0n) is 11.5. The van der Waals surface area contributed by atoms with E-state index in [-0.39, 0.29) is 12.6 Å². The first-order chi connectivity index (χ1) is 9.26. The second-order valence-electron chi connectivity index (χ2n) is 4.63. The van der Waals surface area contributed by atoms with Gasteiger partial charge >= 0.3 is 0 Å². The van der Waals surface area contributed by atoms with Crippen LogP contribution < -0.4 is 10.1 Å². The molecule has 2 N–H and O–H groups in total. The predicted molar refractivity (Wildman–Crippen MR) is 75.5 cm³/mol. The zero-order valence-corrected chi connectivity index (χ0v) is 11.5. The molecule has 1 atom stereocenters. The van der Waals surface area contributed by atoms with Crippen molar-refractivity contribution in [3.63, 3.8) is 0 Å². The van der Waals surface area contributed by atoms with Crippen LogP contribution in [0.5, 0.6) is 5.75 Å². The Morgan fingerprint density at radius 1 is 1.37 bits per heavy atom. The molecule has 2 rings (SSSR count). The van der Waals surface area contributed by atoms with E-state index in [1.807, 2.05) is 24.3 Å². The molecule has 0 aliphatic rings. The minimum Gasteiger partial charge on any atom is -0.493 e. The minimum absolute atomic E-state index is 0.149. The molecule has 0 aliphatic heterocycles. The van der Waals surface area contributed by atoms with Gasteiger partial charge in [0.15, 0.2) is 11.3 Å². The van der Waals surface area contributed by atoms with Gasteiger partial charge in [0.05, 0.1) is 13.2 Å². The Labute approximate surface area is 113 Å². The molecule has 0 amide bonds. The average Bonchev–Trinajstić information content (AvgIpc) is 2.87. The van der Waals surface area contributed by atoms with Crippen molar-refractivity contribution in [2.45, 2.75) is 25.8 Å². The molecule has 104 valence electrons. The number of aliphatic hydroxyl groups excluding tert-OH is 1. The highest BCUT2D eigenvalue weighted by Crippen LogP contribution is 2.30. The number of fused-ring (bicyclic) bond motifs is 1. The van der Waals surface area contributed by atoms with Gasteiger partial charge in [-0.3, -0.25) is 0 Å². The second kappa shape index (κ2) is 6.59. The third-order valence-electron chi connectivity index (χ3n) is 3.21. The topological polar surface area (TPSA) is 54.6 Å². The molecule has 1 aromatic heterocycles. The summed E-state index contributed by atoms with van der Waals surface area (Å²) in [7, 11) is 1.65. The second-order valence-corrected chi connectivity index (χ2v) is 4.63. The summed E-state index contributed by atoms with van der Waals surface area (Å²) in [5, 5.41) is 13.2. The summed E-state index contributed by atoms with van der Waals surface area (Å²) in [6.45, 7) is 3.19. The Hall–Kier alpha value is -1.52. The number of methoxy groups -OCH3 is 1. The first kappa shape index (κ1) is 13.9. The minimum atomic E-state index is 0.149. The summed E-state index contributed by atoms with van der Waals surface area (Å²) in [6, 6.07) is 8.07. The van der Waals surface area contributed by atoms with E-state index in [1.54, 1.807) is 7.11 Å². The third-order valence-corrected chi connectivity index (χ3v) is 3.21. The molecule has 1 unspecified atom stereocenters. The van der Waals surface area contributed by atoms with Crippen molar-refractivity contribution < 1.29 is 14.3 Å². The number of rotatable bonds is 7. The highest BCUT2D eigenvalue weighted by molar-refractivity contribution is 5.83. The Balaban J connectivity index is 2.08. The summed E-state index contributed by atoms with van der Waals surface area (Å²) in [5.74, 6) is 1.67. The van der Waals surface area contributed by atoms with Crippen LogP contribution in [0.25, 0.3) is 11.0 Å². The van der Waals surface area contributed by atoms with E-state index in [9.17, 15) is 0 Å². The van der Waals surface area contributed by atoms with Gasteiger partial charge in [0.2, 0.25) is 0 Å². The molecule has 2 aromatic rings. The summed E-state index contributed by atoms with van der Waals surface area (Å²) >= 11 is 0. The molecular formula is C15H21NO3. The number of furan rings is 1. The summed E-state index contributed by atoms with van der Waals surface area (Å²) in [6.07, 6.45) is 1.79. The van der Waals surface area contributed by atoms with Gasteiger partial charge in [-0.15, -0.1) is 0 Å². The highest BCUT2D eigenvalue weighted by Gasteiger charge is 2.13. The molecule has 0 bridgehead atoms. The maximum absolute atomic E-state index is 8.74. The van der Waals surface area contributed by atoms with Gasteiger partial charge in [0.25, 0.3) is 0 Å². The third kappa shape index (κ3) is 3.28. The van der Waals surface area contributed by atoms with Crippen molar-refractivity contribution in [2.75, 3.05) is 20.3 Å². The van der Waals surface area contributed by atoms with Gasteiger partial charge in [-0.25, -0.2) is 0 Å². The lowest BCUT2D eigenvalue weighted by Crippen LogP contribution is -2.19. The van der Waals surface area contributed by atoms with E-state index >= 15 is 0 Å². The molecule has 0 saturated heterocycles. The smallest absolute Gasteiger partial charge is 0.176 e. The van der Waals surface area contributed by atoms with Crippen LogP contribution >= 0.6 is 0 Å². The van der Waals surface area contributed by atoms with E-state index in [0.717, 1.165) is 41.9 Å². The van der Waals surface area contributed by atoms with Crippen LogP contribution in [0, 0.1) is 0 Å².